The first-order valence-electron chi connectivity index (χ1n) is 24.6. The zero-order chi connectivity index (χ0) is 42.9. The molecule has 0 heterocycles. The Bertz CT molecular complexity index is 898. The Hall–Kier alpha value is -1.74. The fraction of sp³-hybridized carbons (Fsp3) is 0.880. The summed E-state index contributed by atoms with van der Waals surface area (Å²) >= 11 is 0. The van der Waals surface area contributed by atoms with Crippen molar-refractivity contribution in [3.8, 4) is 0 Å². The Morgan fingerprint density at radius 2 is 0.707 bits per heavy atom. The van der Waals surface area contributed by atoms with E-state index in [1.165, 1.54) is 116 Å². The maximum Gasteiger partial charge on any atom is 0.306 e. The van der Waals surface area contributed by atoms with Gasteiger partial charge in [0, 0.05) is 52.1 Å². The second kappa shape index (κ2) is 42.0. The molecule has 0 radical (unpaired) electrons. The van der Waals surface area contributed by atoms with Crippen LogP contribution in [0.25, 0.3) is 0 Å². The number of hydrogen-bond donors (Lipinski definition) is 2. The fourth-order valence-electron chi connectivity index (χ4n) is 7.59. The smallest absolute Gasteiger partial charge is 0.306 e. The van der Waals surface area contributed by atoms with E-state index in [9.17, 15) is 19.8 Å². The van der Waals surface area contributed by atoms with Gasteiger partial charge in [0.05, 0.1) is 12.2 Å². The number of ether oxygens (including phenoxy) is 2. The number of rotatable bonds is 43. The Labute approximate surface area is 359 Å². The monoisotopic (exact) mass is 821 g/mol. The van der Waals surface area contributed by atoms with E-state index in [4.69, 9.17) is 9.47 Å². The van der Waals surface area contributed by atoms with Crippen molar-refractivity contribution in [2.75, 3.05) is 39.3 Å². The van der Waals surface area contributed by atoms with Gasteiger partial charge >= 0.3 is 11.9 Å². The molecule has 0 aromatic heterocycles. The first-order chi connectivity index (χ1) is 28.1. The van der Waals surface area contributed by atoms with Crippen LogP contribution < -0.4 is 0 Å². The lowest BCUT2D eigenvalue weighted by Gasteiger charge is -2.31. The molecule has 0 rings (SSSR count). The second-order valence-electron chi connectivity index (χ2n) is 17.5. The zero-order valence-electron chi connectivity index (χ0n) is 39.1. The summed E-state index contributed by atoms with van der Waals surface area (Å²) in [6.45, 7) is 15.1. The van der Waals surface area contributed by atoms with Crippen LogP contribution in [0.5, 0.6) is 0 Å². The molecule has 0 spiro atoms. The molecule has 8 nitrogen and oxygen atoms in total. The van der Waals surface area contributed by atoms with Gasteiger partial charge in [0.15, 0.2) is 0 Å². The van der Waals surface area contributed by atoms with E-state index in [0.717, 1.165) is 51.4 Å². The first-order valence-corrected chi connectivity index (χ1v) is 24.6. The largest absolute Gasteiger partial charge is 0.461 e. The summed E-state index contributed by atoms with van der Waals surface area (Å²) in [5, 5.41) is 20.1. The molecule has 0 bridgehead atoms. The molecule has 8 heteroatoms. The highest BCUT2D eigenvalue weighted by molar-refractivity contribution is 5.69. The third kappa shape index (κ3) is 41.0. The minimum Gasteiger partial charge on any atom is -0.461 e. The number of carbonyl (C=O) groups is 2. The Kier molecular flexibility index (Phi) is 40.7. The van der Waals surface area contributed by atoms with Crippen LogP contribution >= 0.6 is 0 Å². The van der Waals surface area contributed by atoms with Gasteiger partial charge in [-0.15, -0.1) is 0 Å². The molecule has 342 valence electrons. The van der Waals surface area contributed by atoms with Crippen molar-refractivity contribution in [2.45, 2.75) is 246 Å². The number of unbranched alkanes of at least 4 members (excludes halogenated alkanes) is 22. The molecule has 58 heavy (non-hydrogen) atoms. The average Bonchev–Trinajstić information content (AvgIpc) is 3.16. The van der Waals surface area contributed by atoms with Gasteiger partial charge in [-0.25, -0.2) is 0 Å². The van der Waals surface area contributed by atoms with Crippen molar-refractivity contribution in [2.24, 2.45) is 0 Å². The molecule has 0 aliphatic carbocycles. The number of carbonyl (C=O) groups excluding carboxylic acids is 2. The van der Waals surface area contributed by atoms with Crippen molar-refractivity contribution in [3.05, 3.63) is 24.3 Å². The summed E-state index contributed by atoms with van der Waals surface area (Å²) in [6.07, 6.45) is 40.4. The van der Waals surface area contributed by atoms with Crippen LogP contribution in [0, 0.1) is 0 Å². The van der Waals surface area contributed by atoms with E-state index >= 15 is 0 Å². The third-order valence-corrected chi connectivity index (χ3v) is 10.8. The molecule has 0 aliphatic rings. The molecule has 0 saturated heterocycles. The summed E-state index contributed by atoms with van der Waals surface area (Å²) < 4.78 is 11.7. The van der Waals surface area contributed by atoms with Gasteiger partial charge < -0.3 is 19.7 Å². The Morgan fingerprint density at radius 3 is 1.02 bits per heavy atom. The number of esters is 2. The van der Waals surface area contributed by atoms with Crippen molar-refractivity contribution in [1.29, 1.82) is 0 Å². The normalized spacial score (nSPS) is 14.2. The van der Waals surface area contributed by atoms with Crippen LogP contribution in [0.15, 0.2) is 24.3 Å². The SMILES string of the molecule is CCCCCCCC/C=C\CCCCCCCC(=O)OC(C)CN(CCN(CC(C)O)CC(C)O)CC(C)OC(=O)CCCCCCC/C=C\CCCCCCCC. The predicted molar refractivity (Wildman–Crippen MR) is 246 cm³/mol. The minimum atomic E-state index is -0.514. The van der Waals surface area contributed by atoms with Crippen LogP contribution in [0.3, 0.4) is 0 Å². The van der Waals surface area contributed by atoms with E-state index in [2.05, 4.69) is 48.0 Å². The van der Waals surface area contributed by atoms with E-state index in [0.29, 0.717) is 52.1 Å². The highest BCUT2D eigenvalue weighted by Crippen LogP contribution is 2.14. The molecule has 0 aliphatic heterocycles. The molecule has 0 saturated carbocycles. The Balaban J connectivity index is 4.53. The number of aliphatic hydroxyl groups excluding tert-OH is 2. The number of aliphatic hydroxyl groups is 2. The van der Waals surface area contributed by atoms with Gasteiger partial charge in [0.2, 0.25) is 0 Å². The molecule has 4 atom stereocenters. The molecule has 0 aromatic rings. The molecule has 4 unspecified atom stereocenters. The Morgan fingerprint density at radius 1 is 0.431 bits per heavy atom. The number of allylic oxidation sites excluding steroid dienone is 4. The van der Waals surface area contributed by atoms with Gasteiger partial charge in [-0.1, -0.05) is 141 Å². The van der Waals surface area contributed by atoms with Crippen molar-refractivity contribution in [1.82, 2.24) is 9.80 Å². The number of nitrogens with zero attached hydrogens (tertiary/aromatic N) is 2. The summed E-state index contributed by atoms with van der Waals surface area (Å²) in [7, 11) is 0. The van der Waals surface area contributed by atoms with Crippen LogP contribution in [-0.2, 0) is 19.1 Å². The maximum absolute atomic E-state index is 12.7. The quantitative estimate of drug-likeness (QED) is 0.0356. The lowest BCUT2D eigenvalue weighted by Crippen LogP contribution is -2.45. The highest BCUT2D eigenvalue weighted by Gasteiger charge is 2.20. The van der Waals surface area contributed by atoms with Crippen molar-refractivity contribution >= 4 is 11.9 Å². The van der Waals surface area contributed by atoms with Gasteiger partial charge in [-0.05, 0) is 91.9 Å². The van der Waals surface area contributed by atoms with E-state index < -0.39 is 12.2 Å². The van der Waals surface area contributed by atoms with Crippen LogP contribution in [-0.4, -0.2) is 95.6 Å². The molecular weight excluding hydrogens is 725 g/mol. The molecular formula is C50H96N2O6. The molecule has 0 fully saturated rings. The van der Waals surface area contributed by atoms with Crippen LogP contribution in [0.4, 0.5) is 0 Å². The summed E-state index contributed by atoms with van der Waals surface area (Å²) in [5.41, 5.74) is 0. The fourth-order valence-corrected chi connectivity index (χ4v) is 7.59. The van der Waals surface area contributed by atoms with E-state index in [1.807, 2.05) is 13.8 Å². The molecule has 0 amide bonds. The standard InChI is InChI=1S/C50H96N2O6/c1-7-9-11-13-15-17-19-21-23-25-27-29-31-33-35-37-49(55)57-47(5)43-52(40-39-51(41-45(3)53)42-46(4)54)44-48(6)58-50(56)38-36-34-32-30-28-26-24-22-20-18-16-14-12-10-8-2/h21-24,45-48,53-54H,7-20,25-44H2,1-6H3/b23-21-,24-22-. The maximum atomic E-state index is 12.7. The van der Waals surface area contributed by atoms with Crippen LogP contribution in [0.1, 0.15) is 221 Å². The van der Waals surface area contributed by atoms with Gasteiger partial charge in [0.1, 0.15) is 12.2 Å². The molecule has 2 N–H and O–H groups in total. The van der Waals surface area contributed by atoms with Gasteiger partial charge in [0.25, 0.3) is 0 Å². The highest BCUT2D eigenvalue weighted by atomic mass is 16.5. The van der Waals surface area contributed by atoms with Crippen LogP contribution in [0.2, 0.25) is 0 Å². The second-order valence-corrected chi connectivity index (χ2v) is 17.5. The van der Waals surface area contributed by atoms with Crippen molar-refractivity contribution < 1.29 is 29.3 Å². The average molecular weight is 821 g/mol. The van der Waals surface area contributed by atoms with Crippen molar-refractivity contribution in [3.63, 3.8) is 0 Å². The number of hydrogen-bond acceptors (Lipinski definition) is 8. The van der Waals surface area contributed by atoms with Gasteiger partial charge in [-0.3, -0.25) is 19.4 Å². The van der Waals surface area contributed by atoms with Gasteiger partial charge in [-0.2, -0.15) is 0 Å². The summed E-state index contributed by atoms with van der Waals surface area (Å²) in [6, 6.07) is 0. The lowest BCUT2D eigenvalue weighted by molar-refractivity contribution is -0.150. The summed E-state index contributed by atoms with van der Waals surface area (Å²) in [4.78, 5) is 29.7. The van der Waals surface area contributed by atoms with E-state index in [-0.39, 0.29) is 24.1 Å². The minimum absolute atomic E-state index is 0.158. The first kappa shape index (κ1) is 56.3. The zero-order valence-corrected chi connectivity index (χ0v) is 39.1. The predicted octanol–water partition coefficient (Wildman–Crippen LogP) is 12.3. The lowest BCUT2D eigenvalue weighted by atomic mass is 10.1. The third-order valence-electron chi connectivity index (χ3n) is 10.8. The summed E-state index contributed by atoms with van der Waals surface area (Å²) in [5.74, 6) is -0.316. The van der Waals surface area contributed by atoms with E-state index in [1.54, 1.807) is 13.8 Å². The molecule has 0 aromatic carbocycles. The topological polar surface area (TPSA) is 99.5 Å².